The van der Waals surface area contributed by atoms with Gasteiger partial charge in [-0.25, -0.2) is 0 Å². The molecule has 0 unspecified atom stereocenters. The van der Waals surface area contributed by atoms with E-state index in [0.717, 1.165) is 5.56 Å². The molecular weight excluding hydrogens is 440 g/mol. The van der Waals surface area contributed by atoms with Gasteiger partial charge in [0.1, 0.15) is 23.2 Å². The maximum atomic E-state index is 13.4. The highest BCUT2D eigenvalue weighted by molar-refractivity contribution is 7.95. The Labute approximate surface area is 191 Å². The molecule has 0 saturated carbocycles. The van der Waals surface area contributed by atoms with Crippen LogP contribution in [0.25, 0.3) is 0 Å². The first-order chi connectivity index (χ1) is 16.0. The Bertz CT molecular complexity index is 1150. The van der Waals surface area contributed by atoms with Gasteiger partial charge >= 0.3 is 11.8 Å². The van der Waals surface area contributed by atoms with Gasteiger partial charge in [0.15, 0.2) is 0 Å². The highest BCUT2D eigenvalue weighted by atomic mass is 31.2. The molecule has 164 valence electrons. The predicted octanol–water partition coefficient (Wildman–Crippen LogP) is 6.36. The van der Waals surface area contributed by atoms with E-state index in [1.807, 2.05) is 54.6 Å². The molecule has 2 nitrogen and oxygen atoms in total. The maximum absolute atomic E-state index is 13.4. The number of benzene rings is 4. The zero-order valence-electron chi connectivity index (χ0n) is 17.7. The third-order valence-electron chi connectivity index (χ3n) is 6.06. The molecule has 5 rings (SSSR count). The molecule has 1 aliphatic heterocycles. The Kier molecular flexibility index (Phi) is 5.38. The van der Waals surface area contributed by atoms with Crippen molar-refractivity contribution in [1.29, 1.82) is 0 Å². The molecule has 0 N–H and O–H groups in total. The molecule has 0 saturated heterocycles. The van der Waals surface area contributed by atoms with Crippen LogP contribution < -0.4 is 15.9 Å². The second kappa shape index (κ2) is 8.24. The molecule has 0 radical (unpaired) electrons. The van der Waals surface area contributed by atoms with Gasteiger partial charge in [-0.05, 0) is 42.0 Å². The Balaban J connectivity index is 1.63. The van der Waals surface area contributed by atoms with E-state index in [1.54, 1.807) is 12.1 Å². The van der Waals surface area contributed by atoms with E-state index in [-0.39, 0.29) is 5.56 Å². The van der Waals surface area contributed by atoms with Crippen molar-refractivity contribution in [3.63, 3.8) is 0 Å². The van der Waals surface area contributed by atoms with Gasteiger partial charge in [-0.1, -0.05) is 78.9 Å². The molecule has 33 heavy (non-hydrogen) atoms. The van der Waals surface area contributed by atoms with E-state index in [9.17, 15) is 13.2 Å². The summed E-state index contributed by atoms with van der Waals surface area (Å²) in [6.45, 7) is 0. The number of halogens is 3. The molecule has 0 aromatic heterocycles. The predicted molar refractivity (Wildman–Crippen MR) is 128 cm³/mol. The molecule has 0 amide bonds. The summed E-state index contributed by atoms with van der Waals surface area (Å²) in [5.74, 6) is 0. The topological polar surface area (TPSA) is 24.7 Å². The van der Waals surface area contributed by atoms with Gasteiger partial charge in [0.25, 0.3) is 0 Å². The Morgan fingerprint density at radius 2 is 0.970 bits per heavy atom. The summed E-state index contributed by atoms with van der Waals surface area (Å²) in [4.78, 5) is 0. The van der Waals surface area contributed by atoms with Crippen LogP contribution >= 0.6 is 7.26 Å². The van der Waals surface area contributed by atoms with E-state index in [4.69, 9.17) is 0 Å². The van der Waals surface area contributed by atoms with Crippen molar-refractivity contribution in [2.24, 2.45) is 10.2 Å². The number of alkyl halides is 3. The zero-order chi connectivity index (χ0) is 22.9. The van der Waals surface area contributed by atoms with Crippen LogP contribution in [0.3, 0.4) is 0 Å². The minimum absolute atomic E-state index is 0.0572. The Morgan fingerprint density at radius 1 is 0.576 bits per heavy atom. The van der Waals surface area contributed by atoms with Gasteiger partial charge in [-0.3, -0.25) is 0 Å². The van der Waals surface area contributed by atoms with Crippen LogP contribution in [0.5, 0.6) is 0 Å². The third-order valence-corrected chi connectivity index (χ3v) is 10.4. The number of rotatable bonds is 6. The quantitative estimate of drug-likeness (QED) is 0.299. The van der Waals surface area contributed by atoms with Crippen LogP contribution in [0.15, 0.2) is 125 Å². The fraction of sp³-hybridized carbons (Fsp3) is 0.111. The average Bonchev–Trinajstić information content (AvgIpc) is 3.67. The van der Waals surface area contributed by atoms with Gasteiger partial charge in [0, 0.05) is 5.56 Å². The number of hydrogen-bond acceptors (Lipinski definition) is 2. The first-order valence-electron chi connectivity index (χ1n) is 10.6. The zero-order valence-corrected chi connectivity index (χ0v) is 18.5. The second-order valence-corrected chi connectivity index (χ2v) is 11.5. The second-order valence-electron chi connectivity index (χ2n) is 8.04. The van der Waals surface area contributed by atoms with Gasteiger partial charge in [-0.15, -0.1) is 10.2 Å². The third kappa shape index (κ3) is 3.77. The maximum Gasteiger partial charge on any atom is 0.442 e. The molecule has 6 heteroatoms. The molecule has 1 heterocycles. The minimum atomic E-state index is -4.52. The highest BCUT2D eigenvalue weighted by Gasteiger charge is 2.65. The lowest BCUT2D eigenvalue weighted by Crippen LogP contribution is -2.32. The van der Waals surface area contributed by atoms with Crippen molar-refractivity contribution < 1.29 is 13.2 Å². The summed E-state index contributed by atoms with van der Waals surface area (Å²) >= 11 is 0. The summed E-state index contributed by atoms with van der Waals surface area (Å²) in [6, 6.07) is 37.8. The van der Waals surface area contributed by atoms with Crippen LogP contribution in [-0.2, 0) is 11.8 Å². The average molecular weight is 461 g/mol. The standard InChI is InChI=1S/C27H21F3N2P/c28-27(29,30)26(31-32-26)22-18-16-21(17-19-22)20-33(23-10-4-1-5-11-23,24-12-6-2-7-13-24)25-14-8-3-9-15-25/h1-19H,20H2/q+1. The first kappa shape index (κ1) is 21.5. The minimum Gasteiger partial charge on any atom is -0.166 e. The summed E-state index contributed by atoms with van der Waals surface area (Å²) in [6.07, 6.45) is -3.83. The van der Waals surface area contributed by atoms with Gasteiger partial charge < -0.3 is 0 Å². The van der Waals surface area contributed by atoms with Crippen LogP contribution in [0.2, 0.25) is 0 Å². The van der Waals surface area contributed by atoms with E-state index in [1.165, 1.54) is 28.0 Å². The van der Waals surface area contributed by atoms with Crippen LogP contribution in [0.1, 0.15) is 11.1 Å². The summed E-state index contributed by atoms with van der Waals surface area (Å²) in [5.41, 5.74) is -1.36. The van der Waals surface area contributed by atoms with E-state index < -0.39 is 19.1 Å². The molecule has 0 atom stereocenters. The van der Waals surface area contributed by atoms with Crippen LogP contribution in [-0.4, -0.2) is 6.18 Å². The van der Waals surface area contributed by atoms with Crippen molar-refractivity contribution in [3.8, 4) is 0 Å². The smallest absolute Gasteiger partial charge is 0.166 e. The van der Waals surface area contributed by atoms with Gasteiger partial charge in [-0.2, -0.15) is 13.2 Å². The lowest BCUT2D eigenvalue weighted by Gasteiger charge is -2.28. The highest BCUT2D eigenvalue weighted by Crippen LogP contribution is 2.58. The summed E-state index contributed by atoms with van der Waals surface area (Å²) < 4.78 is 40.3. The molecule has 1 aliphatic rings. The van der Waals surface area contributed by atoms with Crippen molar-refractivity contribution >= 4 is 23.2 Å². The monoisotopic (exact) mass is 461 g/mol. The van der Waals surface area contributed by atoms with E-state index in [2.05, 4.69) is 46.6 Å². The lowest BCUT2D eigenvalue weighted by atomic mass is 10.0. The van der Waals surface area contributed by atoms with Gasteiger partial charge in [0.2, 0.25) is 0 Å². The van der Waals surface area contributed by atoms with E-state index in [0.29, 0.717) is 6.16 Å². The number of hydrogen-bond donors (Lipinski definition) is 0. The fourth-order valence-corrected chi connectivity index (χ4v) is 8.57. The van der Waals surface area contributed by atoms with E-state index >= 15 is 0 Å². The summed E-state index contributed by atoms with van der Waals surface area (Å²) in [7, 11) is -2.12. The molecular formula is C27H21F3N2P+. The Hall–Kier alpha value is -3.30. The molecule has 0 fully saturated rings. The molecule has 0 aliphatic carbocycles. The van der Waals surface area contributed by atoms with Crippen molar-refractivity contribution in [1.82, 2.24) is 0 Å². The fourth-order valence-electron chi connectivity index (χ4n) is 4.33. The molecule has 4 aromatic carbocycles. The van der Waals surface area contributed by atoms with Gasteiger partial charge in [0.05, 0.1) is 6.16 Å². The van der Waals surface area contributed by atoms with Crippen LogP contribution in [0, 0.1) is 0 Å². The molecule has 0 bridgehead atoms. The molecule has 0 spiro atoms. The normalized spacial score (nSPS) is 14.8. The Morgan fingerprint density at radius 3 is 1.30 bits per heavy atom. The van der Waals surface area contributed by atoms with Crippen molar-refractivity contribution in [3.05, 3.63) is 126 Å². The van der Waals surface area contributed by atoms with Crippen molar-refractivity contribution in [2.45, 2.75) is 18.0 Å². The largest absolute Gasteiger partial charge is 0.442 e. The van der Waals surface area contributed by atoms with Crippen LogP contribution in [0.4, 0.5) is 13.2 Å². The molecule has 4 aromatic rings. The summed E-state index contributed by atoms with van der Waals surface area (Å²) in [5, 5.41) is 10.3. The SMILES string of the molecule is FC(F)(F)C1(c2ccc(C[P+](c3ccccc3)(c3ccccc3)c3ccccc3)cc2)N=N1. The lowest BCUT2D eigenvalue weighted by molar-refractivity contribution is -0.166. The first-order valence-corrected chi connectivity index (χ1v) is 12.6. The number of nitrogens with zero attached hydrogens (tertiary/aromatic N) is 2. The van der Waals surface area contributed by atoms with Crippen molar-refractivity contribution in [2.75, 3.05) is 0 Å².